The topological polar surface area (TPSA) is 4.93 Å². The number of hydrogen-bond acceptors (Lipinski definition) is 0. The average molecular weight is 150 g/mol. The Bertz CT molecular complexity index is 177. The molecule has 0 bridgehead atoms. The van der Waals surface area contributed by atoms with Crippen LogP contribution in [0, 0.1) is 6.20 Å². The van der Waals surface area contributed by atoms with Gasteiger partial charge in [0.1, 0.15) is 0 Å². The third-order valence-electron chi connectivity index (χ3n) is 2.02. The van der Waals surface area contributed by atoms with E-state index in [0.29, 0.717) is 6.04 Å². The van der Waals surface area contributed by atoms with Crippen molar-refractivity contribution in [1.82, 2.24) is 4.57 Å². The Morgan fingerprint density at radius 2 is 2.36 bits per heavy atom. The van der Waals surface area contributed by atoms with Gasteiger partial charge in [-0.2, -0.15) is 0 Å². The average Bonchev–Trinajstić information content (AvgIpc) is 2.52. The van der Waals surface area contributed by atoms with Gasteiger partial charge >= 0.3 is 0 Å². The number of rotatable bonds is 4. The monoisotopic (exact) mass is 150 g/mol. The second-order valence-corrected chi connectivity index (χ2v) is 3.04. The molecule has 0 aliphatic heterocycles. The van der Waals surface area contributed by atoms with Gasteiger partial charge in [-0.25, -0.2) is 0 Å². The summed E-state index contributed by atoms with van der Waals surface area (Å²) in [6.45, 7) is 4.47. The van der Waals surface area contributed by atoms with E-state index in [2.05, 4.69) is 30.8 Å². The first-order valence-electron chi connectivity index (χ1n) is 4.39. The summed E-state index contributed by atoms with van der Waals surface area (Å²) >= 11 is 0. The molecule has 1 atom stereocenters. The van der Waals surface area contributed by atoms with Gasteiger partial charge in [0.2, 0.25) is 0 Å². The summed E-state index contributed by atoms with van der Waals surface area (Å²) in [5.74, 6) is 0. The van der Waals surface area contributed by atoms with Gasteiger partial charge in [0.25, 0.3) is 0 Å². The van der Waals surface area contributed by atoms with E-state index in [0.717, 1.165) is 0 Å². The van der Waals surface area contributed by atoms with Gasteiger partial charge in [0, 0.05) is 12.2 Å². The van der Waals surface area contributed by atoms with E-state index in [-0.39, 0.29) is 0 Å². The zero-order chi connectivity index (χ0) is 8.10. The van der Waals surface area contributed by atoms with E-state index in [9.17, 15) is 0 Å². The summed E-state index contributed by atoms with van der Waals surface area (Å²) in [7, 11) is 0. The second-order valence-electron chi connectivity index (χ2n) is 3.04. The smallest absolute Gasteiger partial charge is 0.0650 e. The predicted molar refractivity (Wildman–Crippen MR) is 47.5 cm³/mol. The predicted octanol–water partition coefficient (Wildman–Crippen LogP) is 3.04. The summed E-state index contributed by atoms with van der Waals surface area (Å²) < 4.78 is 2.15. The van der Waals surface area contributed by atoms with Crippen molar-refractivity contribution >= 4 is 0 Å². The number of unbranched alkanes of at least 4 members (excludes halogenated alkanes) is 1. The van der Waals surface area contributed by atoms with Gasteiger partial charge in [-0.15, -0.1) is 0 Å². The lowest BCUT2D eigenvalue weighted by Gasteiger charge is -2.11. The maximum absolute atomic E-state index is 3.16. The van der Waals surface area contributed by atoms with Gasteiger partial charge in [0.15, 0.2) is 0 Å². The summed E-state index contributed by atoms with van der Waals surface area (Å²) in [4.78, 5) is 0. The normalized spacial score (nSPS) is 13.3. The molecule has 1 radical (unpaired) electrons. The van der Waals surface area contributed by atoms with Crippen LogP contribution in [0.1, 0.15) is 39.2 Å². The molecule has 1 heterocycles. The van der Waals surface area contributed by atoms with Crippen LogP contribution >= 0.6 is 0 Å². The third kappa shape index (κ3) is 2.41. The largest absolute Gasteiger partial charge is 0.344 e. The summed E-state index contributed by atoms with van der Waals surface area (Å²) in [5, 5.41) is 0. The second kappa shape index (κ2) is 4.22. The first kappa shape index (κ1) is 8.38. The van der Waals surface area contributed by atoms with Crippen molar-refractivity contribution in [1.29, 1.82) is 0 Å². The molecule has 1 nitrogen and oxygen atoms in total. The van der Waals surface area contributed by atoms with Gasteiger partial charge in [-0.3, -0.25) is 0 Å². The quantitative estimate of drug-likeness (QED) is 0.621. The fourth-order valence-electron chi connectivity index (χ4n) is 1.22. The molecule has 0 N–H and O–H groups in total. The highest BCUT2D eigenvalue weighted by Gasteiger charge is 2.00. The Kier molecular flexibility index (Phi) is 3.21. The highest BCUT2D eigenvalue weighted by Crippen LogP contribution is 2.13. The van der Waals surface area contributed by atoms with Crippen molar-refractivity contribution in [3.63, 3.8) is 0 Å². The van der Waals surface area contributed by atoms with Crippen LogP contribution in [0.15, 0.2) is 18.3 Å². The molecule has 1 heteroatoms. The molecule has 0 aliphatic carbocycles. The molecule has 1 unspecified atom stereocenters. The fourth-order valence-corrected chi connectivity index (χ4v) is 1.22. The molecule has 0 fully saturated rings. The van der Waals surface area contributed by atoms with Crippen molar-refractivity contribution in [3.05, 3.63) is 24.5 Å². The van der Waals surface area contributed by atoms with E-state index in [1.807, 2.05) is 12.1 Å². The van der Waals surface area contributed by atoms with Crippen molar-refractivity contribution in [3.8, 4) is 0 Å². The Morgan fingerprint density at radius 1 is 1.55 bits per heavy atom. The van der Waals surface area contributed by atoms with Crippen LogP contribution in [0.4, 0.5) is 0 Å². The SMILES string of the molecule is CCCCC(C)n1[c]ccc1. The molecule has 0 spiro atoms. The molecule has 61 valence electrons. The first-order chi connectivity index (χ1) is 5.34. The van der Waals surface area contributed by atoms with E-state index < -0.39 is 0 Å². The first-order valence-corrected chi connectivity index (χ1v) is 4.39. The third-order valence-corrected chi connectivity index (χ3v) is 2.02. The summed E-state index contributed by atoms with van der Waals surface area (Å²) in [6.07, 6.45) is 9.11. The fraction of sp³-hybridized carbons (Fsp3) is 0.600. The Labute approximate surface area is 69.0 Å². The van der Waals surface area contributed by atoms with E-state index in [1.54, 1.807) is 0 Å². The molecule has 1 rings (SSSR count). The van der Waals surface area contributed by atoms with Crippen molar-refractivity contribution < 1.29 is 0 Å². The maximum atomic E-state index is 3.16. The summed E-state index contributed by atoms with van der Waals surface area (Å²) in [6, 6.07) is 4.61. The van der Waals surface area contributed by atoms with Gasteiger partial charge in [-0.1, -0.05) is 19.8 Å². The minimum Gasteiger partial charge on any atom is -0.344 e. The van der Waals surface area contributed by atoms with E-state index >= 15 is 0 Å². The Hall–Kier alpha value is -0.720. The Morgan fingerprint density at radius 3 is 2.91 bits per heavy atom. The maximum Gasteiger partial charge on any atom is 0.0650 e. The molecule has 0 saturated carbocycles. The lowest BCUT2D eigenvalue weighted by Crippen LogP contribution is -2.01. The molecule has 11 heavy (non-hydrogen) atoms. The zero-order valence-electron chi connectivity index (χ0n) is 7.38. The van der Waals surface area contributed by atoms with Crippen LogP contribution in [0.3, 0.4) is 0 Å². The molecule has 0 saturated heterocycles. The lowest BCUT2D eigenvalue weighted by atomic mass is 10.1. The molecule has 0 aliphatic rings. The molecule has 1 aromatic heterocycles. The molecule has 0 amide bonds. The van der Waals surface area contributed by atoms with Crippen LogP contribution in [-0.2, 0) is 0 Å². The van der Waals surface area contributed by atoms with Crippen molar-refractivity contribution in [2.75, 3.05) is 0 Å². The van der Waals surface area contributed by atoms with Crippen molar-refractivity contribution in [2.24, 2.45) is 0 Å². The Balaban J connectivity index is 2.36. The molecular weight excluding hydrogens is 134 g/mol. The zero-order valence-corrected chi connectivity index (χ0v) is 7.38. The van der Waals surface area contributed by atoms with E-state index in [1.165, 1.54) is 19.3 Å². The van der Waals surface area contributed by atoms with Gasteiger partial charge < -0.3 is 4.57 Å². The standard InChI is InChI=1S/C10H16N/c1-3-4-7-10(2)11-8-5-6-9-11/h5-6,8,10H,3-4,7H2,1-2H3. The van der Waals surface area contributed by atoms with Crippen LogP contribution < -0.4 is 0 Å². The van der Waals surface area contributed by atoms with Crippen LogP contribution in [0.25, 0.3) is 0 Å². The van der Waals surface area contributed by atoms with Gasteiger partial charge in [-0.05, 0) is 25.5 Å². The minimum absolute atomic E-state index is 0.616. The molecular formula is C10H16N. The lowest BCUT2D eigenvalue weighted by molar-refractivity contribution is 0.485. The summed E-state index contributed by atoms with van der Waals surface area (Å²) in [5.41, 5.74) is 0. The van der Waals surface area contributed by atoms with Crippen LogP contribution in [0.2, 0.25) is 0 Å². The molecule has 0 aromatic carbocycles. The number of aromatic nitrogens is 1. The van der Waals surface area contributed by atoms with Crippen LogP contribution in [-0.4, -0.2) is 4.57 Å². The number of nitrogens with zero attached hydrogens (tertiary/aromatic N) is 1. The number of hydrogen-bond donors (Lipinski definition) is 0. The van der Waals surface area contributed by atoms with Gasteiger partial charge in [0.05, 0.1) is 6.20 Å². The van der Waals surface area contributed by atoms with Crippen molar-refractivity contribution in [2.45, 2.75) is 39.2 Å². The highest BCUT2D eigenvalue weighted by molar-refractivity contribution is 4.90. The minimum atomic E-state index is 0.616. The van der Waals surface area contributed by atoms with Crippen LogP contribution in [0.5, 0.6) is 0 Å². The molecule has 1 aromatic rings. The van der Waals surface area contributed by atoms with E-state index in [4.69, 9.17) is 0 Å². The highest BCUT2D eigenvalue weighted by atomic mass is 15.0.